The normalized spacial score (nSPS) is 11.4. The van der Waals surface area contributed by atoms with E-state index >= 15 is 0 Å². The van der Waals surface area contributed by atoms with Crippen LogP contribution in [0.15, 0.2) is 89.9 Å². The van der Waals surface area contributed by atoms with Gasteiger partial charge in [0.05, 0.1) is 11.7 Å². The Balaban J connectivity index is 0.00000176. The number of nitrogens with zero attached hydrogens (tertiary/aromatic N) is 3. The maximum Gasteiger partial charge on any atom is 0.261 e. The molecule has 1 amide bonds. The third-order valence-corrected chi connectivity index (χ3v) is 6.05. The number of pyridine rings is 1. The molecule has 0 spiro atoms. The number of rotatable bonds is 9. The Morgan fingerprint density at radius 3 is 2.28 bits per heavy atom. The highest BCUT2D eigenvalue weighted by molar-refractivity contribution is 5.94. The molecule has 0 saturated carbocycles. The van der Waals surface area contributed by atoms with Gasteiger partial charge in [0.2, 0.25) is 0 Å². The van der Waals surface area contributed by atoms with E-state index in [2.05, 4.69) is 0 Å². The van der Waals surface area contributed by atoms with E-state index in [9.17, 15) is 9.59 Å². The van der Waals surface area contributed by atoms with E-state index in [-0.39, 0.29) is 17.5 Å². The van der Waals surface area contributed by atoms with Crippen LogP contribution in [0.4, 0.5) is 0 Å². The topological polar surface area (TPSA) is 101 Å². The van der Waals surface area contributed by atoms with Crippen LogP contribution in [-0.4, -0.2) is 45.5 Å². The highest BCUT2D eigenvalue weighted by Crippen LogP contribution is 2.28. The van der Waals surface area contributed by atoms with Crippen LogP contribution in [0.2, 0.25) is 0 Å². The molecule has 36 heavy (non-hydrogen) atoms. The lowest BCUT2D eigenvalue weighted by Gasteiger charge is -2.32. The van der Waals surface area contributed by atoms with Gasteiger partial charge in [-0.3, -0.25) is 14.0 Å². The summed E-state index contributed by atoms with van der Waals surface area (Å²) in [6.45, 7) is 2.99. The number of carbonyl (C=O) groups is 1. The highest BCUT2D eigenvalue weighted by Gasteiger charge is 2.29. The van der Waals surface area contributed by atoms with Crippen molar-refractivity contribution in [3.63, 3.8) is 0 Å². The van der Waals surface area contributed by atoms with Crippen molar-refractivity contribution in [3.8, 4) is 0 Å². The fourth-order valence-corrected chi connectivity index (χ4v) is 4.35. The number of amides is 1. The second kappa shape index (κ2) is 13.3. The van der Waals surface area contributed by atoms with E-state index in [4.69, 9.17) is 15.8 Å². The molecule has 0 aliphatic rings. The molecule has 1 atom stereocenters. The number of fused-ring (bicyclic) bond motifs is 1. The maximum atomic E-state index is 13.7. The highest BCUT2D eigenvalue weighted by atomic mass is 16.2. The minimum atomic E-state index is -0.351. The molecule has 0 radical (unpaired) electrons. The molecule has 3 N–H and O–H groups in total. The van der Waals surface area contributed by atoms with Crippen molar-refractivity contribution in [1.29, 1.82) is 0 Å². The van der Waals surface area contributed by atoms with Gasteiger partial charge in [0.15, 0.2) is 0 Å². The molecule has 0 bridgehead atoms. The van der Waals surface area contributed by atoms with Gasteiger partial charge in [-0.25, -0.2) is 4.98 Å². The number of aromatic nitrogens is 2. The molecule has 4 aromatic rings. The van der Waals surface area contributed by atoms with Crippen LogP contribution in [0.25, 0.3) is 5.65 Å². The summed E-state index contributed by atoms with van der Waals surface area (Å²) < 4.78 is 1.58. The first kappa shape index (κ1) is 26.8. The number of aliphatic hydroxyl groups is 1. The maximum absolute atomic E-state index is 13.7. The number of carbonyl (C=O) groups excluding carboxylic acids is 1. The third kappa shape index (κ3) is 6.05. The van der Waals surface area contributed by atoms with Crippen LogP contribution in [0.1, 0.15) is 53.0 Å². The fourth-order valence-electron chi connectivity index (χ4n) is 4.35. The van der Waals surface area contributed by atoms with E-state index < -0.39 is 0 Å². The molecule has 2 aromatic carbocycles. The summed E-state index contributed by atoms with van der Waals surface area (Å²) in [7, 11) is 1.00. The quantitative estimate of drug-likeness (QED) is 0.374. The van der Waals surface area contributed by atoms with Gasteiger partial charge in [0, 0.05) is 37.4 Å². The first-order valence-electron chi connectivity index (χ1n) is 12.2. The molecular formula is C29H34N4O3. The van der Waals surface area contributed by atoms with Gasteiger partial charge in [0.25, 0.3) is 11.5 Å². The van der Waals surface area contributed by atoms with Crippen LogP contribution in [-0.2, 0) is 6.42 Å². The van der Waals surface area contributed by atoms with Crippen LogP contribution < -0.4 is 11.3 Å². The van der Waals surface area contributed by atoms with Crippen LogP contribution >= 0.6 is 0 Å². The van der Waals surface area contributed by atoms with Gasteiger partial charge < -0.3 is 15.7 Å². The van der Waals surface area contributed by atoms with Crippen molar-refractivity contribution in [2.24, 2.45) is 5.73 Å². The minimum Gasteiger partial charge on any atom is -0.400 e. The van der Waals surface area contributed by atoms with Gasteiger partial charge >= 0.3 is 0 Å². The van der Waals surface area contributed by atoms with Crippen LogP contribution in [0, 0.1) is 0 Å². The SMILES string of the molecule is CCC(c1nc2ccccn2c(=O)c1Cc1ccccc1)N(CCCN)C(=O)c1ccccc1.CO. The standard InChI is InChI=1S/C28H30N4O2.CH4O/c1-2-24(31(19-11-17-29)27(33)22-14-7-4-8-15-22)26-23(20-21-12-5-3-6-13-21)28(34)32-18-10-9-16-25(32)30-26;1-2/h3-10,12-16,18,24H,2,11,17,19-20,29H2,1H3;2H,1H3. The first-order chi connectivity index (χ1) is 17.6. The Bertz CT molecular complexity index is 1310. The zero-order valence-electron chi connectivity index (χ0n) is 20.9. The molecule has 2 aromatic heterocycles. The molecule has 2 heterocycles. The molecule has 0 saturated heterocycles. The number of benzene rings is 2. The number of aliphatic hydroxyl groups excluding tert-OH is 1. The smallest absolute Gasteiger partial charge is 0.261 e. The van der Waals surface area contributed by atoms with Crippen LogP contribution in [0.3, 0.4) is 0 Å². The molecule has 0 aliphatic carbocycles. The summed E-state index contributed by atoms with van der Waals surface area (Å²) in [6.07, 6.45) is 3.47. The first-order valence-corrected chi connectivity index (χ1v) is 12.2. The number of hydrogen-bond acceptors (Lipinski definition) is 5. The van der Waals surface area contributed by atoms with E-state index in [0.29, 0.717) is 54.8 Å². The second-order valence-electron chi connectivity index (χ2n) is 8.30. The van der Waals surface area contributed by atoms with Crippen molar-refractivity contribution in [2.75, 3.05) is 20.2 Å². The van der Waals surface area contributed by atoms with E-state index in [1.807, 2.05) is 90.7 Å². The molecule has 4 rings (SSSR count). The van der Waals surface area contributed by atoms with E-state index in [0.717, 1.165) is 12.7 Å². The Labute approximate surface area is 211 Å². The molecule has 0 aliphatic heterocycles. The van der Waals surface area contributed by atoms with Crippen molar-refractivity contribution in [2.45, 2.75) is 32.2 Å². The summed E-state index contributed by atoms with van der Waals surface area (Å²) >= 11 is 0. The van der Waals surface area contributed by atoms with Crippen LogP contribution in [0.5, 0.6) is 0 Å². The van der Waals surface area contributed by atoms with Gasteiger partial charge in [-0.05, 0) is 49.2 Å². The average Bonchev–Trinajstić information content (AvgIpc) is 2.94. The van der Waals surface area contributed by atoms with Crippen molar-refractivity contribution >= 4 is 11.6 Å². The molecule has 1 unspecified atom stereocenters. The molecule has 188 valence electrons. The van der Waals surface area contributed by atoms with Gasteiger partial charge in [0.1, 0.15) is 5.65 Å². The van der Waals surface area contributed by atoms with Gasteiger partial charge in [-0.15, -0.1) is 0 Å². The zero-order valence-corrected chi connectivity index (χ0v) is 20.9. The fraction of sp³-hybridized carbons (Fsp3) is 0.276. The van der Waals surface area contributed by atoms with Gasteiger partial charge in [-0.1, -0.05) is 61.5 Å². The minimum absolute atomic E-state index is 0.0818. The predicted octanol–water partition coefficient (Wildman–Crippen LogP) is 3.84. The average molecular weight is 487 g/mol. The van der Waals surface area contributed by atoms with Crippen molar-refractivity contribution in [3.05, 3.63) is 118 Å². The number of nitrogens with two attached hydrogens (primary N) is 1. The number of hydrogen-bond donors (Lipinski definition) is 2. The lowest BCUT2D eigenvalue weighted by molar-refractivity contribution is 0.0664. The van der Waals surface area contributed by atoms with Gasteiger partial charge in [-0.2, -0.15) is 0 Å². The second-order valence-corrected chi connectivity index (χ2v) is 8.30. The largest absolute Gasteiger partial charge is 0.400 e. The monoisotopic (exact) mass is 486 g/mol. The molecular weight excluding hydrogens is 452 g/mol. The van der Waals surface area contributed by atoms with Crippen molar-refractivity contribution < 1.29 is 9.90 Å². The Morgan fingerprint density at radius 1 is 1.00 bits per heavy atom. The summed E-state index contributed by atoms with van der Waals surface area (Å²) in [5.74, 6) is -0.0818. The summed E-state index contributed by atoms with van der Waals surface area (Å²) in [5, 5.41) is 7.00. The lowest BCUT2D eigenvalue weighted by atomic mass is 9.97. The third-order valence-electron chi connectivity index (χ3n) is 6.05. The summed E-state index contributed by atoms with van der Waals surface area (Å²) in [4.78, 5) is 34.0. The molecule has 7 heteroatoms. The Kier molecular flexibility index (Phi) is 9.92. The Morgan fingerprint density at radius 2 is 1.64 bits per heavy atom. The lowest BCUT2D eigenvalue weighted by Crippen LogP contribution is -2.38. The van der Waals surface area contributed by atoms with Crippen molar-refractivity contribution in [1.82, 2.24) is 14.3 Å². The summed E-state index contributed by atoms with van der Waals surface area (Å²) in [6, 6.07) is 24.3. The predicted molar refractivity (Wildman–Crippen MR) is 143 cm³/mol. The molecule has 0 fully saturated rings. The Hall–Kier alpha value is -3.81. The molecule has 7 nitrogen and oxygen atoms in total. The zero-order chi connectivity index (χ0) is 25.9. The van der Waals surface area contributed by atoms with E-state index in [1.54, 1.807) is 10.6 Å². The van der Waals surface area contributed by atoms with E-state index in [1.165, 1.54) is 0 Å². The summed E-state index contributed by atoms with van der Waals surface area (Å²) in [5.41, 5.74) is 9.19.